The Balaban J connectivity index is 1.69. The van der Waals surface area contributed by atoms with Gasteiger partial charge >= 0.3 is 0 Å². The van der Waals surface area contributed by atoms with Gasteiger partial charge in [0.25, 0.3) is 5.91 Å². The fourth-order valence-electron chi connectivity index (χ4n) is 2.73. The fraction of sp³-hybridized carbons (Fsp3) is 0.111. The lowest BCUT2D eigenvalue weighted by Gasteiger charge is -2.07. The zero-order chi connectivity index (χ0) is 17.4. The average molecular weight is 372 g/mol. The molecule has 0 radical (unpaired) electrons. The lowest BCUT2D eigenvalue weighted by atomic mass is 10.1. The molecule has 0 aliphatic carbocycles. The first-order valence-corrected chi connectivity index (χ1v) is 8.88. The Labute approximate surface area is 153 Å². The molecular formula is C18H14ClN3O2S. The van der Waals surface area contributed by atoms with Gasteiger partial charge in [0.1, 0.15) is 11.6 Å². The van der Waals surface area contributed by atoms with E-state index in [1.165, 1.54) is 11.3 Å². The molecule has 7 heteroatoms. The van der Waals surface area contributed by atoms with Crippen LogP contribution >= 0.6 is 22.9 Å². The Morgan fingerprint density at radius 1 is 1.28 bits per heavy atom. The summed E-state index contributed by atoms with van der Waals surface area (Å²) in [6.07, 6.45) is 2.42. The highest BCUT2D eigenvalue weighted by atomic mass is 35.5. The van der Waals surface area contributed by atoms with Crippen molar-refractivity contribution in [1.82, 2.24) is 4.98 Å². The Kier molecular flexibility index (Phi) is 4.07. The molecule has 3 N–H and O–H groups in total. The molecule has 3 aromatic rings. The molecule has 1 aromatic carbocycles. The van der Waals surface area contributed by atoms with Crippen LogP contribution in [-0.2, 0) is 6.42 Å². The molecule has 1 aliphatic heterocycles. The van der Waals surface area contributed by atoms with Crippen LogP contribution in [0.5, 0.6) is 5.75 Å². The number of amides is 1. The van der Waals surface area contributed by atoms with Crippen molar-refractivity contribution in [1.29, 1.82) is 0 Å². The smallest absolute Gasteiger partial charge is 0.265 e. The summed E-state index contributed by atoms with van der Waals surface area (Å²) in [7, 11) is 0. The Morgan fingerprint density at radius 2 is 2.12 bits per heavy atom. The molecule has 0 spiro atoms. The van der Waals surface area contributed by atoms with Gasteiger partial charge in [0.05, 0.1) is 22.2 Å². The predicted molar refractivity (Wildman–Crippen MR) is 101 cm³/mol. The van der Waals surface area contributed by atoms with Crippen LogP contribution in [0.15, 0.2) is 42.6 Å². The maximum Gasteiger partial charge on any atom is 0.265 e. The Bertz CT molecular complexity index is 971. The van der Waals surface area contributed by atoms with Gasteiger partial charge in [-0.1, -0.05) is 23.7 Å². The molecule has 0 atom stereocenters. The molecule has 0 fully saturated rings. The van der Waals surface area contributed by atoms with Crippen LogP contribution in [0.25, 0.3) is 11.1 Å². The number of benzene rings is 1. The lowest BCUT2D eigenvalue weighted by molar-refractivity contribution is 0.103. The molecular weight excluding hydrogens is 358 g/mol. The number of thiophene rings is 1. The predicted octanol–water partition coefficient (Wildman–Crippen LogP) is 4.23. The van der Waals surface area contributed by atoms with Gasteiger partial charge in [-0.25, -0.2) is 4.98 Å². The van der Waals surface area contributed by atoms with E-state index < -0.39 is 0 Å². The number of nitrogens with one attached hydrogen (secondary N) is 1. The molecule has 2 aromatic heterocycles. The first-order chi connectivity index (χ1) is 12.1. The van der Waals surface area contributed by atoms with Crippen LogP contribution in [0.4, 0.5) is 11.5 Å². The SMILES string of the molecule is Nc1cc2c(cn1)-c1cc(C(=O)Nc3ccccc3Cl)sc1CCO2. The van der Waals surface area contributed by atoms with E-state index >= 15 is 0 Å². The summed E-state index contributed by atoms with van der Waals surface area (Å²) in [5.41, 5.74) is 8.16. The molecule has 4 rings (SSSR count). The molecule has 126 valence electrons. The number of nitrogens with zero attached hydrogens (tertiary/aromatic N) is 1. The molecule has 0 unspecified atom stereocenters. The van der Waals surface area contributed by atoms with Gasteiger partial charge in [-0.3, -0.25) is 4.79 Å². The van der Waals surface area contributed by atoms with E-state index in [1.807, 2.05) is 18.2 Å². The number of aromatic nitrogens is 1. The van der Waals surface area contributed by atoms with Crippen molar-refractivity contribution in [2.45, 2.75) is 6.42 Å². The third kappa shape index (κ3) is 3.06. The summed E-state index contributed by atoms with van der Waals surface area (Å²) in [5.74, 6) is 0.924. The quantitative estimate of drug-likeness (QED) is 0.706. The van der Waals surface area contributed by atoms with Crippen molar-refractivity contribution in [3.63, 3.8) is 0 Å². The van der Waals surface area contributed by atoms with Gasteiger partial charge < -0.3 is 15.8 Å². The molecule has 0 bridgehead atoms. The van der Waals surface area contributed by atoms with Crippen LogP contribution in [0.3, 0.4) is 0 Å². The van der Waals surface area contributed by atoms with Gasteiger partial charge in [-0.15, -0.1) is 11.3 Å². The third-order valence-corrected chi connectivity index (χ3v) is 5.44. The van der Waals surface area contributed by atoms with Crippen molar-refractivity contribution < 1.29 is 9.53 Å². The average Bonchev–Trinajstić information content (AvgIpc) is 2.94. The summed E-state index contributed by atoms with van der Waals surface area (Å²) in [6.45, 7) is 0.537. The second-order valence-electron chi connectivity index (χ2n) is 5.59. The molecule has 25 heavy (non-hydrogen) atoms. The number of carbonyl (C=O) groups is 1. The Morgan fingerprint density at radius 3 is 2.96 bits per heavy atom. The number of rotatable bonds is 2. The first-order valence-electron chi connectivity index (χ1n) is 7.69. The number of fused-ring (bicyclic) bond motifs is 3. The minimum atomic E-state index is -0.183. The number of anilines is 2. The van der Waals surface area contributed by atoms with E-state index in [0.29, 0.717) is 33.8 Å². The highest BCUT2D eigenvalue weighted by molar-refractivity contribution is 7.14. The van der Waals surface area contributed by atoms with E-state index in [2.05, 4.69) is 10.3 Å². The van der Waals surface area contributed by atoms with Crippen molar-refractivity contribution >= 4 is 40.4 Å². The number of ether oxygens (including phenoxy) is 1. The number of nitrogens with two attached hydrogens (primary N) is 1. The molecule has 5 nitrogen and oxygen atoms in total. The number of halogens is 1. The molecule has 0 saturated heterocycles. The number of hydrogen-bond donors (Lipinski definition) is 2. The van der Waals surface area contributed by atoms with Gasteiger partial charge in [0.15, 0.2) is 0 Å². The summed E-state index contributed by atoms with van der Waals surface area (Å²) in [6, 6.07) is 10.7. The third-order valence-electron chi connectivity index (χ3n) is 3.92. The monoisotopic (exact) mass is 371 g/mol. The van der Waals surface area contributed by atoms with Crippen molar-refractivity contribution in [3.05, 3.63) is 57.4 Å². The number of pyridine rings is 1. The number of nitrogen functional groups attached to an aromatic ring is 1. The second-order valence-corrected chi connectivity index (χ2v) is 7.13. The summed E-state index contributed by atoms with van der Waals surface area (Å²) in [4.78, 5) is 18.5. The maximum absolute atomic E-state index is 12.6. The van der Waals surface area contributed by atoms with Crippen molar-refractivity contribution in [2.75, 3.05) is 17.7 Å². The number of carbonyl (C=O) groups excluding carboxylic acids is 1. The topological polar surface area (TPSA) is 77.2 Å². The zero-order valence-corrected chi connectivity index (χ0v) is 14.7. The molecule has 1 aliphatic rings. The van der Waals surface area contributed by atoms with E-state index in [4.69, 9.17) is 22.1 Å². The van der Waals surface area contributed by atoms with Crippen molar-refractivity contribution in [3.8, 4) is 16.9 Å². The summed E-state index contributed by atoms with van der Waals surface area (Å²) < 4.78 is 5.75. The second kappa shape index (κ2) is 6.38. The van der Waals surface area contributed by atoms with E-state index in [9.17, 15) is 4.79 Å². The highest BCUT2D eigenvalue weighted by Gasteiger charge is 2.22. The van der Waals surface area contributed by atoms with E-state index in [1.54, 1.807) is 24.4 Å². The van der Waals surface area contributed by atoms with Crippen molar-refractivity contribution in [2.24, 2.45) is 0 Å². The zero-order valence-electron chi connectivity index (χ0n) is 13.1. The van der Waals surface area contributed by atoms with Crippen LogP contribution in [0, 0.1) is 0 Å². The largest absolute Gasteiger partial charge is 0.492 e. The first kappa shape index (κ1) is 15.9. The number of hydrogen-bond acceptors (Lipinski definition) is 5. The summed E-state index contributed by atoms with van der Waals surface area (Å²) in [5, 5.41) is 3.36. The maximum atomic E-state index is 12.6. The van der Waals surface area contributed by atoms with Crippen LogP contribution in [-0.4, -0.2) is 17.5 Å². The molecule has 0 saturated carbocycles. The lowest BCUT2D eigenvalue weighted by Crippen LogP contribution is -2.10. The van der Waals surface area contributed by atoms with E-state index in [-0.39, 0.29) is 5.91 Å². The minimum Gasteiger partial charge on any atom is -0.492 e. The van der Waals surface area contributed by atoms with Gasteiger partial charge in [0.2, 0.25) is 0 Å². The van der Waals surface area contributed by atoms with Crippen LogP contribution < -0.4 is 15.8 Å². The normalized spacial score (nSPS) is 12.5. The molecule has 3 heterocycles. The van der Waals surface area contributed by atoms with Crippen LogP contribution in [0.1, 0.15) is 14.5 Å². The van der Waals surface area contributed by atoms with Gasteiger partial charge in [-0.05, 0) is 18.2 Å². The fourth-order valence-corrected chi connectivity index (χ4v) is 3.96. The minimum absolute atomic E-state index is 0.183. The summed E-state index contributed by atoms with van der Waals surface area (Å²) >= 11 is 7.57. The standard InChI is InChI=1S/C18H14ClN3O2S/c19-12-3-1-2-4-13(12)22-18(23)16-7-10-11-9-21-17(20)8-14(11)24-6-5-15(10)25-16/h1-4,7-9H,5-6H2,(H2,20,21)(H,22,23). The molecule has 1 amide bonds. The highest BCUT2D eigenvalue weighted by Crippen LogP contribution is 2.40. The number of para-hydroxylation sites is 1. The van der Waals surface area contributed by atoms with Crippen LogP contribution in [0.2, 0.25) is 5.02 Å². The van der Waals surface area contributed by atoms with Gasteiger partial charge in [-0.2, -0.15) is 0 Å². The Hall–Kier alpha value is -2.57. The van der Waals surface area contributed by atoms with Gasteiger partial charge in [0, 0.05) is 34.7 Å². The van der Waals surface area contributed by atoms with E-state index in [0.717, 1.165) is 22.4 Å².